The second-order valence-corrected chi connectivity index (χ2v) is 11.8. The van der Waals surface area contributed by atoms with Gasteiger partial charge in [-0.15, -0.1) is 0 Å². The molecular weight excluding hydrogens is 554 g/mol. The van der Waals surface area contributed by atoms with Gasteiger partial charge in [0.2, 0.25) is 10.0 Å². The lowest BCUT2D eigenvalue weighted by Gasteiger charge is -2.38. The molecule has 1 fully saturated rings. The second-order valence-electron chi connectivity index (χ2n) is 9.13. The molecule has 37 heavy (non-hydrogen) atoms. The Labute approximate surface area is 222 Å². The van der Waals surface area contributed by atoms with E-state index in [0.29, 0.717) is 22.5 Å². The minimum atomic E-state index is -4.61. The number of sulfonamides is 1. The molecule has 0 spiro atoms. The molecule has 1 aliphatic heterocycles. The Morgan fingerprint density at radius 3 is 2.46 bits per heavy atom. The minimum absolute atomic E-state index is 0.0625. The summed E-state index contributed by atoms with van der Waals surface area (Å²) >= 11 is 13.1. The molecule has 1 amide bonds. The van der Waals surface area contributed by atoms with Gasteiger partial charge in [0.25, 0.3) is 5.91 Å². The van der Waals surface area contributed by atoms with Crippen LogP contribution in [0.15, 0.2) is 18.2 Å². The summed E-state index contributed by atoms with van der Waals surface area (Å²) in [6.07, 6.45) is -3.42. The van der Waals surface area contributed by atoms with Gasteiger partial charge in [0, 0.05) is 37.1 Å². The normalized spacial score (nSPS) is 17.5. The average molecular weight is 578 g/mol. The van der Waals surface area contributed by atoms with Crippen LogP contribution in [-0.4, -0.2) is 70.1 Å². The number of hydrogen-bond donors (Lipinski definition) is 0. The van der Waals surface area contributed by atoms with Gasteiger partial charge in [-0.25, -0.2) is 17.9 Å². The van der Waals surface area contributed by atoms with Crippen molar-refractivity contribution in [1.29, 1.82) is 0 Å². The van der Waals surface area contributed by atoms with Crippen LogP contribution in [0.25, 0.3) is 5.65 Å². The lowest BCUT2D eigenvalue weighted by atomic mass is 10.0. The van der Waals surface area contributed by atoms with Crippen molar-refractivity contribution in [2.75, 3.05) is 25.9 Å². The summed E-state index contributed by atoms with van der Waals surface area (Å²) < 4.78 is 66.2. The first-order valence-corrected chi connectivity index (χ1v) is 13.9. The van der Waals surface area contributed by atoms with Gasteiger partial charge in [0.1, 0.15) is 0 Å². The van der Waals surface area contributed by atoms with Crippen LogP contribution in [0, 0.1) is 13.8 Å². The number of hydrogen-bond acceptors (Lipinski definition) is 5. The molecule has 200 valence electrons. The van der Waals surface area contributed by atoms with E-state index in [2.05, 4.69) is 10.1 Å². The molecule has 4 rings (SSSR count). The lowest BCUT2D eigenvalue weighted by Crippen LogP contribution is -2.55. The average Bonchev–Trinajstić information content (AvgIpc) is 3.10. The number of aromatic nitrogens is 3. The zero-order valence-corrected chi connectivity index (χ0v) is 22.7. The highest BCUT2D eigenvalue weighted by molar-refractivity contribution is 7.88. The van der Waals surface area contributed by atoms with Crippen molar-refractivity contribution in [2.45, 2.75) is 39.4 Å². The van der Waals surface area contributed by atoms with Crippen LogP contribution in [0.3, 0.4) is 0 Å². The fourth-order valence-corrected chi connectivity index (χ4v) is 6.23. The molecular formula is C23H24Cl2F3N5O3S. The summed E-state index contributed by atoms with van der Waals surface area (Å²) in [5.74, 6) is -0.373. The molecule has 14 heteroatoms. The minimum Gasteiger partial charge on any atom is -0.336 e. The fourth-order valence-electron chi connectivity index (χ4n) is 4.51. The van der Waals surface area contributed by atoms with Crippen LogP contribution >= 0.6 is 23.2 Å². The van der Waals surface area contributed by atoms with Crippen molar-refractivity contribution < 1.29 is 26.4 Å². The summed E-state index contributed by atoms with van der Waals surface area (Å²) in [6, 6.07) is 3.57. The van der Waals surface area contributed by atoms with E-state index in [1.54, 1.807) is 13.8 Å². The lowest BCUT2D eigenvalue weighted by molar-refractivity contribution is -0.141. The number of fused-ring (bicyclic) bond motifs is 1. The van der Waals surface area contributed by atoms with E-state index in [0.717, 1.165) is 16.8 Å². The van der Waals surface area contributed by atoms with Crippen molar-refractivity contribution in [3.63, 3.8) is 0 Å². The number of amides is 1. The van der Waals surface area contributed by atoms with Crippen LogP contribution in [-0.2, 0) is 22.6 Å². The van der Waals surface area contributed by atoms with E-state index in [4.69, 9.17) is 23.2 Å². The third-order valence-corrected chi connectivity index (χ3v) is 8.60. The number of halogens is 5. The number of imidazole rings is 1. The number of nitrogens with zero attached hydrogens (tertiary/aromatic N) is 5. The van der Waals surface area contributed by atoms with Gasteiger partial charge in [-0.05, 0) is 50.1 Å². The molecule has 1 atom stereocenters. The molecule has 0 radical (unpaired) electrons. The molecule has 3 heterocycles. The maximum atomic E-state index is 13.3. The Bertz CT molecular complexity index is 1510. The first-order valence-electron chi connectivity index (χ1n) is 11.3. The molecule has 1 aromatic carbocycles. The number of benzene rings is 1. The van der Waals surface area contributed by atoms with Crippen LogP contribution in [0.2, 0.25) is 10.0 Å². The predicted molar refractivity (Wildman–Crippen MR) is 134 cm³/mol. The Balaban J connectivity index is 1.66. The van der Waals surface area contributed by atoms with Crippen LogP contribution in [0.5, 0.6) is 0 Å². The highest BCUT2D eigenvalue weighted by atomic mass is 35.5. The molecule has 0 N–H and O–H groups in total. The third-order valence-electron chi connectivity index (χ3n) is 6.42. The monoisotopic (exact) mass is 577 g/mol. The summed E-state index contributed by atoms with van der Waals surface area (Å²) in [5.41, 5.74) is 0.946. The zero-order chi connectivity index (χ0) is 27.4. The van der Waals surface area contributed by atoms with Crippen LogP contribution < -0.4 is 0 Å². The molecule has 3 aromatic rings. The van der Waals surface area contributed by atoms with E-state index < -0.39 is 27.9 Å². The van der Waals surface area contributed by atoms with Gasteiger partial charge in [0.05, 0.1) is 28.2 Å². The summed E-state index contributed by atoms with van der Waals surface area (Å²) in [6.45, 7) is 5.40. The molecule has 0 unspecified atom stereocenters. The quantitative estimate of drug-likeness (QED) is 0.459. The number of alkyl halides is 3. The van der Waals surface area contributed by atoms with E-state index in [-0.39, 0.29) is 53.2 Å². The highest BCUT2D eigenvalue weighted by Crippen LogP contribution is 2.33. The molecule has 1 aliphatic rings. The fraction of sp³-hybridized carbons (Fsp3) is 0.435. The van der Waals surface area contributed by atoms with Crippen molar-refractivity contribution in [3.8, 4) is 0 Å². The SMILES string of the molecule is Cc1cc(C(F)(F)F)nn2c(C)c(Cc3c(Cl)ccc(C(=O)N4CCN(S(C)(=O)=O)[C@H](C)C4)c3Cl)nc12. The molecule has 8 nitrogen and oxygen atoms in total. The third kappa shape index (κ3) is 5.29. The Kier molecular flexibility index (Phi) is 7.25. The van der Waals surface area contributed by atoms with Gasteiger partial charge < -0.3 is 4.90 Å². The van der Waals surface area contributed by atoms with Crippen LogP contribution in [0.1, 0.15) is 45.5 Å². The maximum absolute atomic E-state index is 13.3. The number of carbonyl (C=O) groups is 1. The molecule has 0 bridgehead atoms. The van der Waals surface area contributed by atoms with Crippen LogP contribution in [0.4, 0.5) is 13.2 Å². The van der Waals surface area contributed by atoms with E-state index in [1.807, 2.05) is 0 Å². The van der Waals surface area contributed by atoms with E-state index >= 15 is 0 Å². The largest absolute Gasteiger partial charge is 0.435 e. The Hall–Kier alpha value is -2.41. The van der Waals surface area contributed by atoms with Crippen molar-refractivity contribution in [2.24, 2.45) is 0 Å². The van der Waals surface area contributed by atoms with Gasteiger partial charge >= 0.3 is 6.18 Å². The summed E-state index contributed by atoms with van der Waals surface area (Å²) in [5, 5.41) is 4.08. The van der Waals surface area contributed by atoms with Gasteiger partial charge in [-0.2, -0.15) is 22.6 Å². The topological polar surface area (TPSA) is 87.9 Å². The standard InChI is InChI=1S/C23H24Cl2F3N5O3S/c1-12-9-19(23(26,27)28)30-33-14(3)18(29-21(12)33)10-16-17(24)6-5-15(20(16)25)22(34)31-7-8-32(13(2)11-31)37(4,35)36/h5-6,9,13H,7-8,10-11H2,1-4H3/t13-/m1/s1. The number of piperazine rings is 1. The Morgan fingerprint density at radius 2 is 1.86 bits per heavy atom. The second kappa shape index (κ2) is 9.72. The summed E-state index contributed by atoms with van der Waals surface area (Å²) in [4.78, 5) is 19.3. The Morgan fingerprint density at radius 1 is 1.19 bits per heavy atom. The van der Waals surface area contributed by atoms with E-state index in [9.17, 15) is 26.4 Å². The smallest absolute Gasteiger partial charge is 0.336 e. The molecule has 1 saturated heterocycles. The van der Waals surface area contributed by atoms with Gasteiger partial charge in [0.15, 0.2) is 11.3 Å². The maximum Gasteiger partial charge on any atom is 0.435 e. The predicted octanol–water partition coefficient (Wildman–Crippen LogP) is 4.37. The molecule has 0 saturated carbocycles. The first-order chi connectivity index (χ1) is 17.1. The van der Waals surface area contributed by atoms with Crippen molar-refractivity contribution >= 4 is 44.8 Å². The first kappa shape index (κ1) is 27.6. The number of carbonyl (C=O) groups excluding carboxylic acids is 1. The zero-order valence-electron chi connectivity index (χ0n) is 20.4. The summed E-state index contributed by atoms with van der Waals surface area (Å²) in [7, 11) is -3.40. The highest BCUT2D eigenvalue weighted by Gasteiger charge is 2.35. The molecule has 2 aromatic heterocycles. The van der Waals surface area contributed by atoms with Crippen molar-refractivity contribution in [1.82, 2.24) is 23.8 Å². The number of rotatable bonds is 4. The number of aryl methyl sites for hydroxylation is 2. The molecule has 0 aliphatic carbocycles. The van der Waals surface area contributed by atoms with Gasteiger partial charge in [-0.1, -0.05) is 23.2 Å². The van der Waals surface area contributed by atoms with Crippen molar-refractivity contribution in [3.05, 3.63) is 62.0 Å². The van der Waals surface area contributed by atoms with Gasteiger partial charge in [-0.3, -0.25) is 4.79 Å². The van der Waals surface area contributed by atoms with E-state index in [1.165, 1.54) is 28.3 Å².